The molecule has 23 heavy (non-hydrogen) atoms. The molecule has 0 saturated heterocycles. The lowest BCUT2D eigenvalue weighted by Crippen LogP contribution is -2.08. The van der Waals surface area contributed by atoms with E-state index in [4.69, 9.17) is 4.74 Å². The van der Waals surface area contributed by atoms with Crippen molar-refractivity contribution in [2.75, 3.05) is 13.7 Å². The summed E-state index contributed by atoms with van der Waals surface area (Å²) in [6.07, 6.45) is 1.94. The minimum absolute atomic E-state index is 0.0213. The lowest BCUT2D eigenvalue weighted by molar-refractivity contribution is 0.0987. The number of rotatable bonds is 9. The standard InChI is InChI=1S/C19H26FNO2/c1-6-18(22)15-9-10-17(20)19(12-15)23-11-7-8-16(13(2)3)14(4)21-5/h9-10,12,21H,2,6-8,11H2,1,3-5H3/b16-14-. The summed E-state index contributed by atoms with van der Waals surface area (Å²) in [5.74, 6) is -0.331. The highest BCUT2D eigenvalue weighted by Gasteiger charge is 2.10. The summed E-state index contributed by atoms with van der Waals surface area (Å²) in [4.78, 5) is 11.7. The van der Waals surface area contributed by atoms with Crippen molar-refractivity contribution in [3.05, 3.63) is 53.0 Å². The molecule has 0 aliphatic carbocycles. The van der Waals surface area contributed by atoms with E-state index in [1.807, 2.05) is 20.9 Å². The van der Waals surface area contributed by atoms with Crippen molar-refractivity contribution in [1.29, 1.82) is 0 Å². The lowest BCUT2D eigenvalue weighted by Gasteiger charge is -2.13. The molecule has 3 nitrogen and oxygen atoms in total. The summed E-state index contributed by atoms with van der Waals surface area (Å²) in [5.41, 5.74) is 3.74. The highest BCUT2D eigenvalue weighted by Crippen LogP contribution is 2.21. The van der Waals surface area contributed by atoms with Gasteiger partial charge in [0.2, 0.25) is 0 Å². The van der Waals surface area contributed by atoms with E-state index in [0.717, 1.165) is 29.7 Å². The van der Waals surface area contributed by atoms with Gasteiger partial charge in [-0.15, -0.1) is 0 Å². The summed E-state index contributed by atoms with van der Waals surface area (Å²) < 4.78 is 19.3. The number of benzene rings is 1. The molecular weight excluding hydrogens is 293 g/mol. The number of Topliss-reactive ketones (excluding diaryl/α,β-unsaturated/α-hetero) is 1. The Balaban J connectivity index is 2.66. The summed E-state index contributed by atoms with van der Waals surface area (Å²) in [6, 6.07) is 4.25. The first-order valence-electron chi connectivity index (χ1n) is 7.89. The maximum absolute atomic E-state index is 13.8. The van der Waals surface area contributed by atoms with Crippen LogP contribution in [0.1, 0.15) is 50.4 Å². The molecular formula is C19H26FNO2. The van der Waals surface area contributed by atoms with Gasteiger partial charge >= 0.3 is 0 Å². The SMILES string of the molecule is C=C(C)/C(CCCOc1cc(C(=O)CC)ccc1F)=C(/C)NC. The van der Waals surface area contributed by atoms with Crippen LogP contribution >= 0.6 is 0 Å². The van der Waals surface area contributed by atoms with Crippen molar-refractivity contribution in [3.63, 3.8) is 0 Å². The normalized spacial score (nSPS) is 11.7. The Morgan fingerprint density at radius 2 is 2.04 bits per heavy atom. The van der Waals surface area contributed by atoms with E-state index < -0.39 is 5.82 Å². The van der Waals surface area contributed by atoms with Crippen molar-refractivity contribution in [2.24, 2.45) is 0 Å². The molecule has 1 rings (SSSR count). The fourth-order valence-corrected chi connectivity index (χ4v) is 2.29. The van der Waals surface area contributed by atoms with Crippen LogP contribution in [0.25, 0.3) is 0 Å². The Bertz CT molecular complexity index is 605. The number of carbonyl (C=O) groups is 1. The highest BCUT2D eigenvalue weighted by molar-refractivity contribution is 5.96. The van der Waals surface area contributed by atoms with Crippen LogP contribution in [0.2, 0.25) is 0 Å². The molecule has 0 atom stereocenters. The van der Waals surface area contributed by atoms with Crippen LogP contribution < -0.4 is 10.1 Å². The predicted octanol–water partition coefficient (Wildman–Crippen LogP) is 4.65. The van der Waals surface area contributed by atoms with Crippen LogP contribution in [0, 0.1) is 5.82 Å². The molecule has 0 amide bonds. The predicted molar refractivity (Wildman–Crippen MR) is 92.3 cm³/mol. The Kier molecular flexibility index (Phi) is 7.52. The van der Waals surface area contributed by atoms with E-state index in [2.05, 4.69) is 11.9 Å². The molecule has 1 aromatic rings. The minimum Gasteiger partial charge on any atom is -0.490 e. The van der Waals surface area contributed by atoms with Gasteiger partial charge in [-0.3, -0.25) is 4.79 Å². The number of hydrogen-bond donors (Lipinski definition) is 1. The number of ketones is 1. The maximum atomic E-state index is 13.8. The van der Waals surface area contributed by atoms with Gasteiger partial charge in [0.1, 0.15) is 0 Å². The minimum atomic E-state index is -0.445. The number of carbonyl (C=O) groups excluding carboxylic acids is 1. The van der Waals surface area contributed by atoms with Gasteiger partial charge in [-0.05, 0) is 50.5 Å². The Labute approximate surface area is 138 Å². The summed E-state index contributed by atoms with van der Waals surface area (Å²) in [6.45, 7) is 10.1. The topological polar surface area (TPSA) is 38.3 Å². The first-order valence-corrected chi connectivity index (χ1v) is 7.89. The molecule has 0 heterocycles. The van der Waals surface area contributed by atoms with E-state index >= 15 is 0 Å². The second kappa shape index (κ2) is 9.13. The Morgan fingerprint density at radius 3 is 2.61 bits per heavy atom. The van der Waals surface area contributed by atoms with Gasteiger partial charge in [-0.25, -0.2) is 4.39 Å². The van der Waals surface area contributed by atoms with Gasteiger partial charge < -0.3 is 10.1 Å². The molecule has 0 aliphatic rings. The summed E-state index contributed by atoms with van der Waals surface area (Å²) in [5, 5.41) is 3.12. The van der Waals surface area contributed by atoms with Crippen LogP contribution in [-0.2, 0) is 0 Å². The molecule has 1 N–H and O–H groups in total. The van der Waals surface area contributed by atoms with Gasteiger partial charge in [0, 0.05) is 24.7 Å². The Morgan fingerprint density at radius 1 is 1.35 bits per heavy atom. The van der Waals surface area contributed by atoms with E-state index in [1.54, 1.807) is 6.92 Å². The van der Waals surface area contributed by atoms with Crippen LogP contribution in [0.15, 0.2) is 41.6 Å². The van der Waals surface area contributed by atoms with E-state index in [0.29, 0.717) is 18.6 Å². The number of halogens is 1. The lowest BCUT2D eigenvalue weighted by atomic mass is 10.0. The molecule has 0 radical (unpaired) electrons. The number of ether oxygens (including phenoxy) is 1. The third kappa shape index (κ3) is 5.55. The molecule has 0 unspecified atom stereocenters. The van der Waals surface area contributed by atoms with Crippen LogP contribution in [0.3, 0.4) is 0 Å². The van der Waals surface area contributed by atoms with Crippen molar-refractivity contribution < 1.29 is 13.9 Å². The van der Waals surface area contributed by atoms with Crippen molar-refractivity contribution in [2.45, 2.75) is 40.0 Å². The maximum Gasteiger partial charge on any atom is 0.165 e. The first kappa shape index (κ1) is 18.9. The molecule has 0 fully saturated rings. The molecule has 1 aromatic carbocycles. The average molecular weight is 319 g/mol. The van der Waals surface area contributed by atoms with Crippen molar-refractivity contribution in [1.82, 2.24) is 5.32 Å². The van der Waals surface area contributed by atoms with E-state index in [9.17, 15) is 9.18 Å². The van der Waals surface area contributed by atoms with Gasteiger partial charge in [-0.1, -0.05) is 19.1 Å². The zero-order valence-electron chi connectivity index (χ0n) is 14.5. The van der Waals surface area contributed by atoms with E-state index in [-0.39, 0.29) is 11.5 Å². The monoisotopic (exact) mass is 319 g/mol. The summed E-state index contributed by atoms with van der Waals surface area (Å²) >= 11 is 0. The molecule has 0 aromatic heterocycles. The third-order valence-electron chi connectivity index (χ3n) is 3.75. The molecule has 126 valence electrons. The average Bonchev–Trinajstić information content (AvgIpc) is 2.54. The smallest absolute Gasteiger partial charge is 0.165 e. The molecule has 4 heteroatoms. The molecule has 0 saturated carbocycles. The van der Waals surface area contributed by atoms with Crippen LogP contribution in [-0.4, -0.2) is 19.4 Å². The van der Waals surface area contributed by atoms with E-state index in [1.165, 1.54) is 18.2 Å². The molecule has 0 bridgehead atoms. The summed E-state index contributed by atoms with van der Waals surface area (Å²) in [7, 11) is 1.88. The Hall–Kier alpha value is -2.10. The molecule has 0 spiro atoms. The number of allylic oxidation sites excluding steroid dienone is 3. The fraction of sp³-hybridized carbons (Fsp3) is 0.421. The van der Waals surface area contributed by atoms with Gasteiger partial charge in [-0.2, -0.15) is 0 Å². The van der Waals surface area contributed by atoms with Crippen molar-refractivity contribution in [3.8, 4) is 5.75 Å². The zero-order chi connectivity index (χ0) is 17.4. The molecule has 0 aliphatic heterocycles. The fourth-order valence-electron chi connectivity index (χ4n) is 2.29. The van der Waals surface area contributed by atoms with Crippen LogP contribution in [0.4, 0.5) is 4.39 Å². The zero-order valence-corrected chi connectivity index (χ0v) is 14.5. The second-order valence-corrected chi connectivity index (χ2v) is 5.51. The van der Waals surface area contributed by atoms with Gasteiger partial charge in [0.05, 0.1) is 6.61 Å². The van der Waals surface area contributed by atoms with Crippen LogP contribution in [0.5, 0.6) is 5.75 Å². The number of nitrogens with one attached hydrogen (secondary N) is 1. The van der Waals surface area contributed by atoms with Crippen molar-refractivity contribution >= 4 is 5.78 Å². The van der Waals surface area contributed by atoms with Gasteiger partial charge in [0.25, 0.3) is 0 Å². The van der Waals surface area contributed by atoms with Gasteiger partial charge in [0.15, 0.2) is 17.3 Å². The first-order chi connectivity index (χ1) is 10.9. The highest BCUT2D eigenvalue weighted by atomic mass is 19.1. The largest absolute Gasteiger partial charge is 0.490 e. The number of hydrogen-bond acceptors (Lipinski definition) is 3. The quantitative estimate of drug-likeness (QED) is 0.409. The third-order valence-corrected chi connectivity index (χ3v) is 3.75. The second-order valence-electron chi connectivity index (χ2n) is 5.51.